The molecule has 2 aliphatic heterocycles. The lowest BCUT2D eigenvalue weighted by atomic mass is 10.2. The Balaban J connectivity index is 1.36. The molecule has 0 radical (unpaired) electrons. The van der Waals surface area contributed by atoms with Crippen LogP contribution in [0.2, 0.25) is 0 Å². The molecule has 4 rings (SSSR count). The van der Waals surface area contributed by atoms with E-state index in [9.17, 15) is 0 Å². The summed E-state index contributed by atoms with van der Waals surface area (Å²) in [5.74, 6) is -2.11. The van der Waals surface area contributed by atoms with Crippen molar-refractivity contribution in [2.24, 2.45) is 0 Å². The molecule has 0 N–H and O–H groups in total. The molecule has 2 unspecified atom stereocenters. The second-order valence-corrected chi connectivity index (χ2v) is 17.4. The van der Waals surface area contributed by atoms with Crippen molar-refractivity contribution in [2.75, 3.05) is 65.5 Å². The lowest BCUT2D eigenvalue weighted by Crippen LogP contribution is -2.41. The van der Waals surface area contributed by atoms with Crippen LogP contribution >= 0.6 is 64.8 Å². The van der Waals surface area contributed by atoms with E-state index in [2.05, 4.69) is 58.3 Å². The highest BCUT2D eigenvalue weighted by atomic mass is 33.7. The molecule has 2 aromatic rings. The smallest absolute Gasteiger partial charge is 0.283 e. The average molecular weight is 665 g/mol. The molecule has 0 fully saturated rings. The van der Waals surface area contributed by atoms with Crippen molar-refractivity contribution in [1.82, 2.24) is 0 Å². The maximum absolute atomic E-state index is 5.55. The van der Waals surface area contributed by atoms with Crippen molar-refractivity contribution < 1.29 is 28.4 Å². The van der Waals surface area contributed by atoms with Gasteiger partial charge in [-0.2, -0.15) is 0 Å². The zero-order chi connectivity index (χ0) is 28.6. The predicted molar refractivity (Wildman–Crippen MR) is 174 cm³/mol. The van der Waals surface area contributed by atoms with Crippen LogP contribution in [0.25, 0.3) is 0 Å². The molecule has 2 atom stereocenters. The summed E-state index contributed by atoms with van der Waals surface area (Å²) < 4.78 is 33.7. The molecule has 0 spiro atoms. The number of hydrogen-bond donors (Lipinski definition) is 0. The molecule has 0 saturated carbocycles. The lowest BCUT2D eigenvalue weighted by molar-refractivity contribution is -0.354. The molecular weight excluding hydrogens is 629 g/mol. The van der Waals surface area contributed by atoms with Crippen LogP contribution in [0.5, 0.6) is 0 Å². The number of nitrogens with zero attached hydrogens (tertiary/aromatic N) is 2. The highest BCUT2D eigenvalue weighted by molar-refractivity contribution is 9.26. The van der Waals surface area contributed by atoms with E-state index in [-0.39, 0.29) is 9.41 Å². The van der Waals surface area contributed by atoms with Gasteiger partial charge >= 0.3 is 0 Å². The minimum atomic E-state index is -1.06. The number of benzene rings is 2. The quantitative estimate of drug-likeness (QED) is 0.0957. The Morgan fingerprint density at radius 2 is 0.950 bits per heavy atom. The van der Waals surface area contributed by atoms with E-state index >= 15 is 0 Å². The fraction of sp³-hybridized carbons (Fsp3) is 0.538. The molecule has 0 aromatic heterocycles. The Morgan fingerprint density at radius 1 is 0.600 bits per heavy atom. The number of hydrogen-bond acceptors (Lipinski definition) is 14. The van der Waals surface area contributed by atoms with Crippen LogP contribution < -0.4 is 9.80 Å². The van der Waals surface area contributed by atoms with Gasteiger partial charge in [-0.25, -0.2) is 0 Å². The van der Waals surface area contributed by atoms with Crippen LogP contribution in [-0.2, 0) is 28.4 Å². The molecular formula is C26H36N2O6S6. The van der Waals surface area contributed by atoms with Gasteiger partial charge in [0.2, 0.25) is 0 Å². The van der Waals surface area contributed by atoms with Crippen molar-refractivity contribution in [1.29, 1.82) is 0 Å². The molecule has 0 aliphatic carbocycles. The van der Waals surface area contributed by atoms with Gasteiger partial charge in [0.1, 0.15) is 9.41 Å². The Kier molecular flexibility index (Phi) is 12.8. The van der Waals surface area contributed by atoms with Crippen molar-refractivity contribution in [2.45, 2.75) is 44.0 Å². The van der Waals surface area contributed by atoms with E-state index in [0.717, 1.165) is 13.1 Å². The third-order valence-electron chi connectivity index (χ3n) is 6.77. The van der Waals surface area contributed by atoms with Crippen LogP contribution in [0.1, 0.15) is 12.8 Å². The fourth-order valence-electron chi connectivity index (χ4n) is 4.48. The minimum absolute atomic E-state index is 0.217. The van der Waals surface area contributed by atoms with Gasteiger partial charge in [-0.15, -0.1) is 0 Å². The molecule has 2 aromatic carbocycles. The highest BCUT2D eigenvalue weighted by Gasteiger charge is 2.37. The number of rotatable bonds is 17. The summed E-state index contributed by atoms with van der Waals surface area (Å²) in [7, 11) is 17.0. The van der Waals surface area contributed by atoms with Gasteiger partial charge in [0.15, 0.2) is 0 Å². The molecule has 2 heterocycles. The molecule has 0 amide bonds. The van der Waals surface area contributed by atoms with Crippen LogP contribution in [-0.4, -0.2) is 77.1 Å². The summed E-state index contributed by atoms with van der Waals surface area (Å²) in [6, 6.07) is 17.1. The highest BCUT2D eigenvalue weighted by Crippen LogP contribution is 2.58. The maximum atomic E-state index is 5.55. The Morgan fingerprint density at radius 3 is 1.30 bits per heavy atom. The third-order valence-corrected chi connectivity index (χ3v) is 17.0. The van der Waals surface area contributed by atoms with Crippen molar-refractivity contribution in [3.8, 4) is 0 Å². The molecule has 0 bridgehead atoms. The van der Waals surface area contributed by atoms with Gasteiger partial charge in [0.05, 0.1) is 11.4 Å². The summed E-state index contributed by atoms with van der Waals surface area (Å²) in [4.78, 5) is 7.37. The number of methoxy groups -OCH3 is 6. The second kappa shape index (κ2) is 15.6. The Labute approximate surface area is 261 Å². The Hall–Kier alpha value is -0.100. The van der Waals surface area contributed by atoms with Gasteiger partial charge < -0.3 is 38.2 Å². The first-order valence-corrected chi connectivity index (χ1v) is 19.2. The fourth-order valence-corrected chi connectivity index (χ4v) is 15.5. The number of thioether (sulfide) groups is 2. The monoisotopic (exact) mass is 664 g/mol. The number of para-hydroxylation sites is 2. The SMILES string of the molecule is COC(CCN1c2ccccc2SC1SSSSC1Sc2ccccc2N1CCC(OC)(OC)OC)(OC)OC. The second-order valence-electron chi connectivity index (χ2n) is 8.59. The van der Waals surface area contributed by atoms with Crippen LogP contribution in [0.4, 0.5) is 11.4 Å². The standard InChI is InChI=1S/C26H36N2O6S6/c1-29-25(30-2,31-3)15-17-27-19-11-7-9-13-21(19)35-23(27)37-39-40-38-24-28(18-16-26(32-4,33-5)34-6)20-12-8-10-14-22(20)36-24/h7-14,23-24H,15-18H2,1-6H3. The van der Waals surface area contributed by atoms with Crippen molar-refractivity contribution in [3.05, 3.63) is 48.5 Å². The van der Waals surface area contributed by atoms with Crippen LogP contribution in [0.15, 0.2) is 58.3 Å². The summed E-state index contributed by atoms with van der Waals surface area (Å²) >= 11 is 3.75. The molecule has 14 heteroatoms. The molecule has 0 saturated heterocycles. The van der Waals surface area contributed by atoms with Gasteiger partial charge in [0.25, 0.3) is 11.9 Å². The average Bonchev–Trinajstić information content (AvgIpc) is 3.54. The molecule has 8 nitrogen and oxygen atoms in total. The van der Waals surface area contributed by atoms with Crippen LogP contribution in [0, 0.1) is 0 Å². The van der Waals surface area contributed by atoms with Gasteiger partial charge in [-0.05, 0) is 65.5 Å². The van der Waals surface area contributed by atoms with E-state index in [1.165, 1.54) is 21.2 Å². The number of ether oxygens (including phenoxy) is 6. The van der Waals surface area contributed by atoms with Crippen molar-refractivity contribution >= 4 is 76.1 Å². The predicted octanol–water partition coefficient (Wildman–Crippen LogP) is 7.42. The normalized spacial score (nSPS) is 18.9. The van der Waals surface area contributed by atoms with E-state index in [1.54, 1.807) is 62.3 Å². The van der Waals surface area contributed by atoms with E-state index in [1.807, 2.05) is 45.1 Å². The lowest BCUT2D eigenvalue weighted by Gasteiger charge is -2.33. The zero-order valence-electron chi connectivity index (χ0n) is 23.4. The largest absolute Gasteiger partial charge is 0.349 e. The zero-order valence-corrected chi connectivity index (χ0v) is 28.3. The number of anilines is 2. The maximum Gasteiger partial charge on any atom is 0.283 e. The summed E-state index contributed by atoms with van der Waals surface area (Å²) in [6.07, 6.45) is 1.15. The minimum Gasteiger partial charge on any atom is -0.349 e. The van der Waals surface area contributed by atoms with Gasteiger partial charge in [-0.1, -0.05) is 47.8 Å². The first kappa shape index (κ1) is 32.8. The number of fused-ring (bicyclic) bond motifs is 2. The first-order valence-electron chi connectivity index (χ1n) is 12.5. The van der Waals surface area contributed by atoms with E-state index in [4.69, 9.17) is 28.4 Å². The topological polar surface area (TPSA) is 61.9 Å². The summed E-state index contributed by atoms with van der Waals surface area (Å²) in [5, 5.41) is 0. The molecule has 222 valence electrons. The summed E-state index contributed by atoms with van der Waals surface area (Å²) in [5.41, 5.74) is 2.46. The van der Waals surface area contributed by atoms with E-state index < -0.39 is 11.9 Å². The van der Waals surface area contributed by atoms with Crippen molar-refractivity contribution in [3.63, 3.8) is 0 Å². The van der Waals surface area contributed by atoms with Gasteiger partial charge in [-0.3, -0.25) is 0 Å². The first-order chi connectivity index (χ1) is 19.5. The van der Waals surface area contributed by atoms with Gasteiger partial charge in [0, 0.05) is 78.4 Å². The summed E-state index contributed by atoms with van der Waals surface area (Å²) in [6.45, 7) is 1.47. The van der Waals surface area contributed by atoms with E-state index in [0.29, 0.717) is 12.8 Å². The third kappa shape index (κ3) is 7.51. The molecule has 40 heavy (non-hydrogen) atoms. The Bertz CT molecular complexity index is 979. The van der Waals surface area contributed by atoms with Crippen LogP contribution in [0.3, 0.4) is 0 Å². The molecule has 2 aliphatic rings.